The highest BCUT2D eigenvalue weighted by Crippen LogP contribution is 2.22. The van der Waals surface area contributed by atoms with Crippen LogP contribution in [0.4, 0.5) is 5.69 Å². The Morgan fingerprint density at radius 2 is 1.86 bits per heavy atom. The number of piperazine rings is 1. The number of nitrogens with zero attached hydrogens (tertiary/aromatic N) is 6. The summed E-state index contributed by atoms with van der Waals surface area (Å²) >= 11 is 6.41. The third-order valence-corrected chi connectivity index (χ3v) is 5.14. The second-order valence-corrected chi connectivity index (χ2v) is 7.16. The molecular weight excluding hydrogens is 380 g/mol. The Bertz CT molecular complexity index is 995. The van der Waals surface area contributed by atoms with Gasteiger partial charge in [-0.05, 0) is 5.56 Å². The lowest BCUT2D eigenvalue weighted by atomic mass is 10.2. The summed E-state index contributed by atoms with van der Waals surface area (Å²) in [4.78, 5) is 21.2. The fourth-order valence-electron chi connectivity index (χ4n) is 3.30. The van der Waals surface area contributed by atoms with Crippen molar-refractivity contribution < 1.29 is 4.52 Å². The lowest BCUT2D eigenvalue weighted by Gasteiger charge is -2.35. The van der Waals surface area contributed by atoms with Crippen LogP contribution in [0.1, 0.15) is 17.3 Å². The maximum Gasteiger partial charge on any atom is 0.287 e. The zero-order valence-corrected chi connectivity index (χ0v) is 16.3. The molecule has 4 rings (SSSR count). The van der Waals surface area contributed by atoms with E-state index in [0.29, 0.717) is 30.5 Å². The van der Waals surface area contributed by atoms with Crippen LogP contribution in [0.15, 0.2) is 45.8 Å². The SMILES string of the molecule is Cc1nc(CN2CCN(c3cnn(Cc4ccccc4)c(=O)c3Cl)CC2)no1. The van der Waals surface area contributed by atoms with Crippen molar-refractivity contribution in [2.75, 3.05) is 31.1 Å². The third kappa shape index (κ3) is 4.07. The molecule has 1 aromatic carbocycles. The van der Waals surface area contributed by atoms with Gasteiger partial charge in [-0.25, -0.2) is 4.68 Å². The van der Waals surface area contributed by atoms with Gasteiger partial charge in [-0.1, -0.05) is 47.1 Å². The number of hydrogen-bond donors (Lipinski definition) is 0. The van der Waals surface area contributed by atoms with Gasteiger partial charge in [0, 0.05) is 33.1 Å². The molecule has 0 amide bonds. The van der Waals surface area contributed by atoms with E-state index in [-0.39, 0.29) is 10.6 Å². The zero-order valence-electron chi connectivity index (χ0n) is 15.6. The molecule has 0 N–H and O–H groups in total. The summed E-state index contributed by atoms with van der Waals surface area (Å²) in [5.41, 5.74) is 1.42. The minimum absolute atomic E-state index is 0.216. The molecule has 8 nitrogen and oxygen atoms in total. The summed E-state index contributed by atoms with van der Waals surface area (Å²) in [5.74, 6) is 1.26. The Balaban J connectivity index is 1.42. The van der Waals surface area contributed by atoms with Gasteiger partial charge in [0.05, 0.1) is 25.0 Å². The van der Waals surface area contributed by atoms with Crippen molar-refractivity contribution in [3.8, 4) is 0 Å². The van der Waals surface area contributed by atoms with E-state index in [4.69, 9.17) is 16.1 Å². The highest BCUT2D eigenvalue weighted by molar-refractivity contribution is 6.33. The van der Waals surface area contributed by atoms with Gasteiger partial charge in [0.1, 0.15) is 5.02 Å². The van der Waals surface area contributed by atoms with Gasteiger partial charge >= 0.3 is 0 Å². The van der Waals surface area contributed by atoms with Crippen molar-refractivity contribution in [2.24, 2.45) is 0 Å². The minimum Gasteiger partial charge on any atom is -0.366 e. The first-order chi connectivity index (χ1) is 13.6. The first-order valence-corrected chi connectivity index (χ1v) is 9.54. The summed E-state index contributed by atoms with van der Waals surface area (Å²) < 4.78 is 6.42. The zero-order chi connectivity index (χ0) is 19.5. The molecule has 1 fully saturated rings. The van der Waals surface area contributed by atoms with Crippen LogP contribution in [0.2, 0.25) is 5.02 Å². The molecule has 0 bridgehead atoms. The number of rotatable bonds is 5. The number of halogens is 1. The molecule has 1 aliphatic heterocycles. The summed E-state index contributed by atoms with van der Waals surface area (Å²) in [5, 5.41) is 8.49. The van der Waals surface area contributed by atoms with E-state index in [1.54, 1.807) is 13.1 Å². The maximum absolute atomic E-state index is 12.6. The molecule has 1 aliphatic rings. The molecule has 28 heavy (non-hydrogen) atoms. The van der Waals surface area contributed by atoms with E-state index in [1.165, 1.54) is 4.68 Å². The largest absolute Gasteiger partial charge is 0.366 e. The number of aryl methyl sites for hydroxylation is 1. The lowest BCUT2D eigenvalue weighted by molar-refractivity contribution is 0.240. The molecule has 1 saturated heterocycles. The number of aromatic nitrogens is 4. The van der Waals surface area contributed by atoms with Gasteiger partial charge in [-0.2, -0.15) is 10.1 Å². The standard InChI is InChI=1S/C19H21ClN6O2/c1-14-22-17(23-28-14)13-24-7-9-25(10-8-24)16-11-21-26(19(27)18(16)20)12-15-5-3-2-4-6-15/h2-6,11H,7-10,12-13H2,1H3. The van der Waals surface area contributed by atoms with Gasteiger partial charge in [-0.15, -0.1) is 0 Å². The summed E-state index contributed by atoms with van der Waals surface area (Å²) in [6, 6.07) is 9.73. The second-order valence-electron chi connectivity index (χ2n) is 6.79. The first kappa shape index (κ1) is 18.6. The molecule has 3 aromatic rings. The molecule has 0 aliphatic carbocycles. The van der Waals surface area contributed by atoms with Crippen LogP contribution in [0.5, 0.6) is 0 Å². The van der Waals surface area contributed by atoms with Gasteiger partial charge < -0.3 is 9.42 Å². The summed E-state index contributed by atoms with van der Waals surface area (Å²) in [7, 11) is 0. The second kappa shape index (κ2) is 8.12. The average Bonchev–Trinajstić information content (AvgIpc) is 3.12. The van der Waals surface area contributed by atoms with E-state index >= 15 is 0 Å². The van der Waals surface area contributed by atoms with Crippen molar-refractivity contribution in [2.45, 2.75) is 20.0 Å². The smallest absolute Gasteiger partial charge is 0.287 e. The molecule has 2 aromatic heterocycles. The molecule has 9 heteroatoms. The molecular formula is C19H21ClN6O2. The highest BCUT2D eigenvalue weighted by Gasteiger charge is 2.22. The number of hydrogen-bond acceptors (Lipinski definition) is 7. The van der Waals surface area contributed by atoms with E-state index < -0.39 is 0 Å². The van der Waals surface area contributed by atoms with Crippen molar-refractivity contribution in [1.29, 1.82) is 0 Å². The van der Waals surface area contributed by atoms with Gasteiger partial charge in [0.2, 0.25) is 5.89 Å². The van der Waals surface area contributed by atoms with Crippen LogP contribution in [-0.2, 0) is 13.1 Å². The Hall–Kier alpha value is -2.71. The van der Waals surface area contributed by atoms with Crippen LogP contribution in [0.25, 0.3) is 0 Å². The molecule has 0 unspecified atom stereocenters. The van der Waals surface area contributed by atoms with Crippen molar-refractivity contribution in [3.63, 3.8) is 0 Å². The Kier molecular flexibility index (Phi) is 5.40. The van der Waals surface area contributed by atoms with Crippen LogP contribution in [0, 0.1) is 6.92 Å². The van der Waals surface area contributed by atoms with Crippen LogP contribution in [-0.4, -0.2) is 51.0 Å². The van der Waals surface area contributed by atoms with E-state index in [0.717, 1.165) is 31.7 Å². The normalized spacial score (nSPS) is 15.1. The van der Waals surface area contributed by atoms with Gasteiger partial charge in [-0.3, -0.25) is 9.69 Å². The third-order valence-electron chi connectivity index (χ3n) is 4.79. The molecule has 0 atom stereocenters. The molecule has 146 valence electrons. The van der Waals surface area contributed by atoms with E-state index in [2.05, 4.69) is 25.0 Å². The lowest BCUT2D eigenvalue weighted by Crippen LogP contribution is -2.46. The molecule has 0 saturated carbocycles. The highest BCUT2D eigenvalue weighted by atomic mass is 35.5. The minimum atomic E-state index is -0.271. The van der Waals surface area contributed by atoms with E-state index in [9.17, 15) is 4.79 Å². The monoisotopic (exact) mass is 400 g/mol. The topological polar surface area (TPSA) is 80.3 Å². The predicted octanol–water partition coefficient (Wildman–Crippen LogP) is 1.96. The van der Waals surface area contributed by atoms with Crippen molar-refractivity contribution in [1.82, 2.24) is 24.8 Å². The number of benzene rings is 1. The fourth-order valence-corrected chi connectivity index (χ4v) is 3.56. The summed E-state index contributed by atoms with van der Waals surface area (Å²) in [6.07, 6.45) is 1.69. The van der Waals surface area contributed by atoms with Gasteiger partial charge in [0.15, 0.2) is 5.82 Å². The average molecular weight is 401 g/mol. The van der Waals surface area contributed by atoms with E-state index in [1.807, 2.05) is 30.3 Å². The van der Waals surface area contributed by atoms with Crippen LogP contribution < -0.4 is 10.5 Å². The van der Waals surface area contributed by atoms with Crippen LogP contribution in [0.3, 0.4) is 0 Å². The Labute approximate surface area is 167 Å². The molecule has 3 heterocycles. The molecule has 0 spiro atoms. The first-order valence-electron chi connectivity index (χ1n) is 9.16. The summed E-state index contributed by atoms with van der Waals surface area (Å²) in [6.45, 7) is 5.96. The predicted molar refractivity (Wildman–Crippen MR) is 106 cm³/mol. The molecule has 0 radical (unpaired) electrons. The quantitative estimate of drug-likeness (QED) is 0.647. The van der Waals surface area contributed by atoms with Crippen molar-refractivity contribution >= 4 is 17.3 Å². The Morgan fingerprint density at radius 3 is 2.54 bits per heavy atom. The van der Waals surface area contributed by atoms with Crippen molar-refractivity contribution in [3.05, 3.63) is 69.2 Å². The van der Waals surface area contributed by atoms with Gasteiger partial charge in [0.25, 0.3) is 5.56 Å². The number of anilines is 1. The fraction of sp³-hybridized carbons (Fsp3) is 0.368. The maximum atomic E-state index is 12.6. The Morgan fingerprint density at radius 1 is 1.11 bits per heavy atom. The van der Waals surface area contributed by atoms with Crippen LogP contribution >= 0.6 is 11.6 Å².